The molecule has 1 rings (SSSR count). The van der Waals surface area contributed by atoms with Crippen LogP contribution in [0.3, 0.4) is 0 Å². The normalized spacial score (nSPS) is 11.4. The molecule has 0 atom stereocenters. The van der Waals surface area contributed by atoms with Crippen molar-refractivity contribution in [3.05, 3.63) is 29.8 Å². The second-order valence-corrected chi connectivity index (χ2v) is 10.0. The third kappa shape index (κ3) is 5.16. The fourth-order valence-corrected chi connectivity index (χ4v) is 4.04. The summed E-state index contributed by atoms with van der Waals surface area (Å²) in [7, 11) is 1.52. The van der Waals surface area contributed by atoms with Gasteiger partial charge in [0.1, 0.15) is 0 Å². The molecule has 0 fully saturated rings. The Hall–Kier alpha value is -0.426. The predicted octanol–water partition coefficient (Wildman–Crippen LogP) is 1.83. The average molecular weight is 269 g/mol. The predicted molar refractivity (Wildman–Crippen MR) is 79.2 cm³/mol. The van der Waals surface area contributed by atoms with Gasteiger partial charge in [-0.05, 0) is 24.4 Å². The highest BCUT2D eigenvalue weighted by atomic mass is 28.3. The third-order valence-corrected chi connectivity index (χ3v) is 6.73. The first-order valence-corrected chi connectivity index (χ1v) is 11.0. The van der Waals surface area contributed by atoms with E-state index in [9.17, 15) is 0 Å². The molecule has 0 aliphatic carbocycles. The van der Waals surface area contributed by atoms with Gasteiger partial charge in [0.05, 0.1) is 8.80 Å². The van der Waals surface area contributed by atoms with E-state index < -0.39 is 18.1 Å². The molecular formula is C13H24O2Si2. The van der Waals surface area contributed by atoms with E-state index in [0.29, 0.717) is 0 Å². The molecule has 2 nitrogen and oxygen atoms in total. The van der Waals surface area contributed by atoms with Crippen molar-refractivity contribution in [3.8, 4) is 0 Å². The fraction of sp³-hybridized carbons (Fsp3) is 0.538. The van der Waals surface area contributed by atoms with Gasteiger partial charge < -0.3 is 8.85 Å². The molecule has 0 unspecified atom stereocenters. The van der Waals surface area contributed by atoms with Gasteiger partial charge in [0.2, 0.25) is 0 Å². The van der Waals surface area contributed by atoms with E-state index >= 15 is 0 Å². The molecule has 1 aromatic rings. The fourth-order valence-electron chi connectivity index (χ4n) is 1.87. The first-order valence-electron chi connectivity index (χ1n) is 6.31. The first kappa shape index (κ1) is 14.6. The summed E-state index contributed by atoms with van der Waals surface area (Å²) in [6.45, 7) is 4.73. The van der Waals surface area contributed by atoms with Crippen LogP contribution in [0.1, 0.15) is 12.0 Å². The minimum Gasteiger partial charge on any atom is -0.400 e. The molecule has 96 valence electrons. The molecule has 0 aromatic heterocycles. The lowest BCUT2D eigenvalue weighted by molar-refractivity contribution is 0.276. The molecule has 0 aliphatic rings. The molecule has 0 heterocycles. The summed E-state index contributed by atoms with van der Waals surface area (Å²) < 4.78 is 10.6. The van der Waals surface area contributed by atoms with Crippen LogP contribution in [0.25, 0.3) is 0 Å². The summed E-state index contributed by atoms with van der Waals surface area (Å²) in [5.41, 5.74) is 1.43. The number of benzene rings is 1. The average Bonchev–Trinajstić information content (AvgIpc) is 2.35. The highest BCUT2D eigenvalue weighted by Gasteiger charge is 2.08. The Morgan fingerprint density at radius 1 is 1.00 bits per heavy atom. The van der Waals surface area contributed by atoms with E-state index in [-0.39, 0.29) is 0 Å². The summed E-state index contributed by atoms with van der Waals surface area (Å²) in [6.07, 6.45) is 2.30. The van der Waals surface area contributed by atoms with Gasteiger partial charge in [-0.25, -0.2) is 0 Å². The smallest absolute Gasteiger partial charge is 0.320 e. The highest BCUT2D eigenvalue weighted by Crippen LogP contribution is 2.07. The van der Waals surface area contributed by atoms with E-state index in [4.69, 9.17) is 8.85 Å². The van der Waals surface area contributed by atoms with Gasteiger partial charge in [-0.1, -0.05) is 42.5 Å². The Bertz CT molecular complexity index is 308. The van der Waals surface area contributed by atoms with Crippen LogP contribution in [0, 0.1) is 0 Å². The Labute approximate surface area is 108 Å². The number of hydrogen-bond acceptors (Lipinski definition) is 2. The molecule has 0 aliphatic heterocycles. The Morgan fingerprint density at radius 2 is 1.59 bits per heavy atom. The Balaban J connectivity index is 2.37. The largest absolute Gasteiger partial charge is 0.400 e. The van der Waals surface area contributed by atoms with Crippen LogP contribution >= 0.6 is 0 Å². The summed E-state index contributed by atoms with van der Waals surface area (Å²) in [6, 6.07) is 10.2. The summed E-state index contributed by atoms with van der Waals surface area (Å²) in [4.78, 5) is 0. The highest BCUT2D eigenvalue weighted by molar-refractivity contribution is 6.70. The minimum absolute atomic E-state index is 0.636. The molecule has 0 radical (unpaired) electrons. The molecule has 1 aromatic carbocycles. The molecular weight excluding hydrogens is 244 g/mol. The minimum atomic E-state index is -1.35. The van der Waals surface area contributed by atoms with Crippen LogP contribution in [0.5, 0.6) is 0 Å². The van der Waals surface area contributed by atoms with Gasteiger partial charge in [-0.3, -0.25) is 0 Å². The van der Waals surface area contributed by atoms with E-state index in [2.05, 4.69) is 37.4 Å². The second-order valence-electron chi connectivity index (χ2n) is 4.69. The Kier molecular flexibility index (Phi) is 6.73. The molecule has 0 bridgehead atoms. The lowest BCUT2D eigenvalue weighted by Gasteiger charge is -2.10. The maximum atomic E-state index is 5.31. The number of hydrogen-bond donors (Lipinski definition) is 0. The first-order chi connectivity index (χ1) is 8.17. The van der Waals surface area contributed by atoms with Crippen LogP contribution in [-0.2, 0) is 15.3 Å². The van der Waals surface area contributed by atoms with Crippen molar-refractivity contribution >= 4 is 23.3 Å². The van der Waals surface area contributed by atoms with E-state index in [0.717, 1.165) is 18.9 Å². The second kappa shape index (κ2) is 7.81. The maximum Gasteiger partial charge on any atom is 0.320 e. The third-order valence-electron chi connectivity index (χ3n) is 3.08. The molecule has 0 saturated carbocycles. The van der Waals surface area contributed by atoms with Crippen molar-refractivity contribution in [1.29, 1.82) is 0 Å². The molecule has 0 amide bonds. The van der Waals surface area contributed by atoms with Gasteiger partial charge in [-0.2, -0.15) is 0 Å². The lowest BCUT2D eigenvalue weighted by Crippen LogP contribution is -2.22. The van der Waals surface area contributed by atoms with Crippen LogP contribution < -0.4 is 5.19 Å². The lowest BCUT2D eigenvalue weighted by atomic mass is 10.1. The van der Waals surface area contributed by atoms with Crippen molar-refractivity contribution in [3.63, 3.8) is 0 Å². The van der Waals surface area contributed by atoms with Crippen molar-refractivity contribution in [2.45, 2.75) is 32.0 Å². The van der Waals surface area contributed by atoms with Gasteiger partial charge in [0, 0.05) is 14.2 Å². The number of aryl methyl sites for hydroxylation is 1. The van der Waals surface area contributed by atoms with Crippen molar-refractivity contribution in [1.82, 2.24) is 0 Å². The standard InChI is InChI=1S/C13H24O2Si2/c1-14-17(15-2)11-5-6-12-7-9-13(10-8-12)16(3)4/h7-10,16-17H,5-6,11H2,1-4H3. The van der Waals surface area contributed by atoms with E-state index in [1.54, 1.807) is 19.4 Å². The molecule has 17 heavy (non-hydrogen) atoms. The van der Waals surface area contributed by atoms with Crippen molar-refractivity contribution in [2.24, 2.45) is 0 Å². The van der Waals surface area contributed by atoms with Crippen LogP contribution in [-0.4, -0.2) is 32.3 Å². The zero-order chi connectivity index (χ0) is 12.7. The van der Waals surface area contributed by atoms with E-state index in [1.165, 1.54) is 5.56 Å². The van der Waals surface area contributed by atoms with Gasteiger partial charge in [0.25, 0.3) is 0 Å². The SMILES string of the molecule is CO[SiH](CCCc1ccc([SiH](C)C)cc1)OC. The molecule has 0 N–H and O–H groups in total. The monoisotopic (exact) mass is 268 g/mol. The summed E-state index contributed by atoms with van der Waals surface area (Å²) >= 11 is 0. The maximum absolute atomic E-state index is 5.31. The Morgan fingerprint density at radius 3 is 2.06 bits per heavy atom. The summed E-state index contributed by atoms with van der Waals surface area (Å²) in [5, 5.41) is 1.55. The molecule has 4 heteroatoms. The van der Waals surface area contributed by atoms with Crippen LogP contribution in [0.4, 0.5) is 0 Å². The quantitative estimate of drug-likeness (QED) is 0.703. The van der Waals surface area contributed by atoms with Gasteiger partial charge in [0.15, 0.2) is 0 Å². The van der Waals surface area contributed by atoms with Crippen LogP contribution in [0.2, 0.25) is 19.1 Å². The van der Waals surface area contributed by atoms with Crippen LogP contribution in [0.15, 0.2) is 24.3 Å². The summed E-state index contributed by atoms with van der Waals surface area (Å²) in [5.74, 6) is 0. The van der Waals surface area contributed by atoms with Gasteiger partial charge >= 0.3 is 9.28 Å². The molecule has 0 saturated heterocycles. The molecule has 0 spiro atoms. The number of rotatable bonds is 7. The van der Waals surface area contributed by atoms with Crippen molar-refractivity contribution < 1.29 is 8.85 Å². The topological polar surface area (TPSA) is 18.5 Å². The van der Waals surface area contributed by atoms with Crippen molar-refractivity contribution in [2.75, 3.05) is 14.2 Å². The van der Waals surface area contributed by atoms with E-state index in [1.807, 2.05) is 0 Å². The van der Waals surface area contributed by atoms with Gasteiger partial charge in [-0.15, -0.1) is 0 Å². The zero-order valence-electron chi connectivity index (χ0n) is 11.4. The zero-order valence-corrected chi connectivity index (χ0v) is 13.7.